The number of anilines is 3. The van der Waals surface area contributed by atoms with Crippen molar-refractivity contribution in [3.05, 3.63) is 116 Å². The van der Waals surface area contributed by atoms with Crippen molar-refractivity contribution in [2.75, 3.05) is 28.8 Å². The molecule has 0 spiro atoms. The molecule has 2 aliphatic heterocycles. The van der Waals surface area contributed by atoms with Gasteiger partial charge in [-0.2, -0.15) is 0 Å². The third-order valence-electron chi connectivity index (χ3n) is 11.3. The summed E-state index contributed by atoms with van der Waals surface area (Å²) in [6.07, 6.45) is 3.88. The van der Waals surface area contributed by atoms with Gasteiger partial charge in [-0.15, -0.1) is 6.58 Å². The van der Waals surface area contributed by atoms with Gasteiger partial charge in [0.25, 0.3) is 0 Å². The number of allylic oxidation sites excluding steroid dienone is 3. The summed E-state index contributed by atoms with van der Waals surface area (Å²) in [6.45, 7) is 5.50. The quantitative estimate of drug-likeness (QED) is 0.137. The topological polar surface area (TPSA) is 185 Å². The average Bonchev–Trinajstić information content (AvgIpc) is 3.48. The number of amides is 4. The maximum atomic E-state index is 14.6. The summed E-state index contributed by atoms with van der Waals surface area (Å²) in [6, 6.07) is 15.7. The normalized spacial score (nSPS) is 26.4. The average molecular weight is 706 g/mol. The van der Waals surface area contributed by atoms with Crippen molar-refractivity contribution in [3.8, 4) is 5.75 Å². The number of para-hydroxylation sites is 2. The number of nitro groups is 2. The molecule has 52 heavy (non-hydrogen) atoms. The van der Waals surface area contributed by atoms with E-state index in [-0.39, 0.29) is 30.0 Å². The van der Waals surface area contributed by atoms with Gasteiger partial charge in [-0.05, 0) is 49.8 Å². The number of nitrogens with zero attached hydrogens (tertiary/aromatic N) is 5. The molecule has 7 rings (SSSR count). The highest BCUT2D eigenvalue weighted by Crippen LogP contribution is 2.64. The Morgan fingerprint density at radius 2 is 1.56 bits per heavy atom. The molecule has 1 N–H and O–H groups in total. The van der Waals surface area contributed by atoms with Gasteiger partial charge >= 0.3 is 11.4 Å². The largest absolute Gasteiger partial charge is 0.507 e. The van der Waals surface area contributed by atoms with E-state index in [0.29, 0.717) is 28.8 Å². The first kappa shape index (κ1) is 34.3. The fraction of sp³-hybridized carbons (Fsp3) is 0.316. The molecule has 2 heterocycles. The van der Waals surface area contributed by atoms with Gasteiger partial charge in [0, 0.05) is 37.7 Å². The zero-order valence-electron chi connectivity index (χ0n) is 28.6. The van der Waals surface area contributed by atoms with Crippen LogP contribution < -0.4 is 14.7 Å². The van der Waals surface area contributed by atoms with Gasteiger partial charge in [0.2, 0.25) is 23.6 Å². The van der Waals surface area contributed by atoms with Crippen LogP contribution in [0.5, 0.6) is 5.75 Å². The Labute approximate surface area is 297 Å². The lowest BCUT2D eigenvalue weighted by atomic mass is 9.51. The van der Waals surface area contributed by atoms with E-state index in [2.05, 4.69) is 6.58 Å². The molecule has 1 saturated carbocycles. The number of phenolic OH excluding ortho intramolecular Hbond substituents is 1. The van der Waals surface area contributed by atoms with Crippen molar-refractivity contribution in [2.24, 2.45) is 29.1 Å². The molecular formula is C38H35N5O9. The second kappa shape index (κ2) is 12.2. The Bertz CT molecular complexity index is 2110. The smallest absolute Gasteiger partial charge is 0.301 e. The third kappa shape index (κ3) is 4.77. The molecular weight excluding hydrogens is 670 g/mol. The molecule has 0 radical (unpaired) electrons. The van der Waals surface area contributed by atoms with Crippen molar-refractivity contribution in [1.29, 1.82) is 0 Å². The van der Waals surface area contributed by atoms with E-state index in [0.717, 1.165) is 21.9 Å². The summed E-state index contributed by atoms with van der Waals surface area (Å²) in [5, 5.41) is 35.9. The van der Waals surface area contributed by atoms with Crippen molar-refractivity contribution >= 4 is 52.1 Å². The fourth-order valence-corrected chi connectivity index (χ4v) is 9.06. The molecule has 266 valence electrons. The Morgan fingerprint density at radius 3 is 2.15 bits per heavy atom. The number of aromatic hydroxyl groups is 1. The highest BCUT2D eigenvalue weighted by molar-refractivity contribution is 6.25. The highest BCUT2D eigenvalue weighted by Gasteiger charge is 2.68. The number of nitro benzene ring substituents is 2. The van der Waals surface area contributed by atoms with Gasteiger partial charge in [-0.1, -0.05) is 54.1 Å². The SMILES string of the molecule is C=CCc1cccc([C@H]2C3=CC[C@@H]4C(=O)N(c5cc([N+](=O)[O-])c(N(C)C)c([N+](=O)[O-])c5)C(=O)[C@@H]4[C@@H]3C[C@H]3C(=O)N(c4ccccc4)C(=O)[C@@]23C)c1O. The number of phenols is 1. The molecule has 0 bridgehead atoms. The minimum Gasteiger partial charge on any atom is -0.507 e. The standard InChI is InChI=1S/C38H35N5O9/c1-5-10-20-11-9-14-25(33(20)44)31-23-15-16-24-30(26(23)19-27-35(46)41(37(48)38(27,31)2)21-12-7-6-8-13-21)36(47)40(34(24)45)22-17-28(42(49)50)32(39(3)4)29(18-22)43(51)52/h5-9,11-15,17-18,24,26-27,30-31,44H,1,10,16,19H2,2-4H3/t24-,26+,27-,30-,31+,38+/m0/s1. The van der Waals surface area contributed by atoms with Crippen LogP contribution in [0.1, 0.15) is 36.8 Å². The van der Waals surface area contributed by atoms with Crippen LogP contribution >= 0.6 is 0 Å². The molecule has 2 aliphatic carbocycles. The molecule has 14 heteroatoms. The lowest BCUT2D eigenvalue weighted by Gasteiger charge is -2.49. The van der Waals surface area contributed by atoms with Crippen LogP contribution in [0.25, 0.3) is 0 Å². The molecule has 3 fully saturated rings. The van der Waals surface area contributed by atoms with Crippen LogP contribution in [0.4, 0.5) is 28.4 Å². The van der Waals surface area contributed by atoms with E-state index in [9.17, 15) is 44.5 Å². The summed E-state index contributed by atoms with van der Waals surface area (Å²) in [5.74, 6) is -6.92. The Balaban J connectivity index is 1.38. The Hall–Kier alpha value is -6.18. The van der Waals surface area contributed by atoms with E-state index in [1.54, 1.807) is 61.5 Å². The van der Waals surface area contributed by atoms with Gasteiger partial charge in [-0.25, -0.2) is 9.80 Å². The number of rotatable bonds is 8. The Kier molecular flexibility index (Phi) is 8.07. The first-order valence-electron chi connectivity index (χ1n) is 16.8. The Morgan fingerprint density at radius 1 is 0.904 bits per heavy atom. The molecule has 3 aromatic rings. The fourth-order valence-electron chi connectivity index (χ4n) is 9.06. The molecule has 4 aliphatic rings. The van der Waals surface area contributed by atoms with Crippen molar-refractivity contribution in [3.63, 3.8) is 0 Å². The summed E-state index contributed by atoms with van der Waals surface area (Å²) in [5.41, 5.74) is -1.31. The van der Waals surface area contributed by atoms with E-state index in [4.69, 9.17) is 0 Å². The number of fused-ring (bicyclic) bond motifs is 4. The minimum atomic E-state index is -1.39. The lowest BCUT2D eigenvalue weighted by Crippen LogP contribution is -2.49. The van der Waals surface area contributed by atoms with Crippen LogP contribution in [0.15, 0.2) is 85.0 Å². The van der Waals surface area contributed by atoms with Crippen LogP contribution in [0.2, 0.25) is 0 Å². The molecule has 3 aromatic carbocycles. The molecule has 2 saturated heterocycles. The van der Waals surface area contributed by atoms with E-state index in [1.807, 2.05) is 6.08 Å². The van der Waals surface area contributed by atoms with Crippen molar-refractivity contribution < 1.29 is 34.1 Å². The van der Waals surface area contributed by atoms with Crippen molar-refractivity contribution in [1.82, 2.24) is 0 Å². The van der Waals surface area contributed by atoms with Crippen LogP contribution in [-0.2, 0) is 25.6 Å². The van der Waals surface area contributed by atoms with Gasteiger partial charge < -0.3 is 10.0 Å². The highest BCUT2D eigenvalue weighted by atomic mass is 16.6. The molecule has 14 nitrogen and oxygen atoms in total. The number of imide groups is 2. The van der Waals surface area contributed by atoms with Gasteiger partial charge in [0.1, 0.15) is 5.75 Å². The third-order valence-corrected chi connectivity index (χ3v) is 11.3. The predicted octanol–water partition coefficient (Wildman–Crippen LogP) is 5.44. The first-order chi connectivity index (χ1) is 24.7. The lowest BCUT2D eigenvalue weighted by molar-refractivity contribution is -0.392. The molecule has 6 atom stereocenters. The number of carbonyl (C=O) groups is 4. The predicted molar refractivity (Wildman–Crippen MR) is 190 cm³/mol. The second-order valence-corrected chi connectivity index (χ2v) is 14.1. The van der Waals surface area contributed by atoms with Gasteiger partial charge in [0.15, 0.2) is 5.69 Å². The van der Waals surface area contributed by atoms with Crippen LogP contribution in [0, 0.1) is 49.3 Å². The monoisotopic (exact) mass is 705 g/mol. The van der Waals surface area contributed by atoms with E-state index >= 15 is 0 Å². The summed E-state index contributed by atoms with van der Waals surface area (Å²) in [4.78, 5) is 83.5. The zero-order valence-corrected chi connectivity index (χ0v) is 28.6. The molecule has 0 aromatic heterocycles. The molecule has 4 amide bonds. The van der Waals surface area contributed by atoms with Crippen molar-refractivity contribution in [2.45, 2.75) is 32.1 Å². The maximum Gasteiger partial charge on any atom is 0.301 e. The van der Waals surface area contributed by atoms with Gasteiger partial charge in [-0.3, -0.25) is 39.4 Å². The molecule has 0 unspecified atom stereocenters. The summed E-state index contributed by atoms with van der Waals surface area (Å²) in [7, 11) is 2.82. The minimum absolute atomic E-state index is 0.0355. The van der Waals surface area contributed by atoms with E-state index in [1.165, 1.54) is 19.0 Å². The zero-order chi connectivity index (χ0) is 37.4. The van der Waals surface area contributed by atoms with Crippen LogP contribution in [0.3, 0.4) is 0 Å². The van der Waals surface area contributed by atoms with Gasteiger partial charge in [0.05, 0.1) is 44.4 Å². The number of benzene rings is 3. The number of carbonyl (C=O) groups excluding carboxylic acids is 4. The number of hydrogen-bond donors (Lipinski definition) is 1. The second-order valence-electron chi connectivity index (χ2n) is 14.1. The first-order valence-corrected chi connectivity index (χ1v) is 16.8. The van der Waals surface area contributed by atoms with E-state index < -0.39 is 79.9 Å². The van der Waals surface area contributed by atoms with Crippen LogP contribution in [-0.4, -0.2) is 52.7 Å². The summed E-state index contributed by atoms with van der Waals surface area (Å²) < 4.78 is 0. The maximum absolute atomic E-state index is 14.6. The summed E-state index contributed by atoms with van der Waals surface area (Å²) >= 11 is 0. The number of hydrogen-bond acceptors (Lipinski definition) is 10.